The van der Waals surface area contributed by atoms with Crippen LogP contribution in [0.4, 0.5) is 15.3 Å². The third-order valence-electron chi connectivity index (χ3n) is 9.79. The van der Waals surface area contributed by atoms with E-state index in [1.54, 1.807) is 24.3 Å². The summed E-state index contributed by atoms with van der Waals surface area (Å²) < 4.78 is 18.0. The Morgan fingerprint density at radius 3 is 2.15 bits per heavy atom. The van der Waals surface area contributed by atoms with E-state index in [-0.39, 0.29) is 78.2 Å². The Morgan fingerprint density at radius 2 is 1.45 bits per heavy atom. The number of fused-ring (bicyclic) bond motifs is 1. The summed E-state index contributed by atoms with van der Waals surface area (Å²) in [5.41, 5.74) is 11.2. The van der Waals surface area contributed by atoms with E-state index in [9.17, 15) is 43.5 Å². The molecule has 23 nitrogen and oxygen atoms in total. The number of aromatic nitrogens is 1. The second-order valence-corrected chi connectivity index (χ2v) is 14.8. The van der Waals surface area contributed by atoms with Crippen LogP contribution in [0.15, 0.2) is 54.6 Å². The molecular weight excluding hydrogens is 863 g/mol. The highest BCUT2D eigenvalue weighted by Crippen LogP contribution is 2.21. The zero-order valence-electron chi connectivity index (χ0n) is 37.6. The fraction of sp³-hybridized carbons (Fsp3) is 0.488. The summed E-state index contributed by atoms with van der Waals surface area (Å²) in [4.78, 5) is 97.9. The lowest BCUT2D eigenvalue weighted by atomic mass is 10.1. The number of amides is 8. The van der Waals surface area contributed by atoms with Crippen LogP contribution in [0.25, 0.3) is 10.9 Å². The summed E-state index contributed by atoms with van der Waals surface area (Å²) >= 11 is 0. The second-order valence-electron chi connectivity index (χ2n) is 14.8. The lowest BCUT2D eigenvalue weighted by molar-refractivity contribution is -0.138. The Balaban J connectivity index is 1.34. The molecule has 3 rings (SSSR count). The maximum absolute atomic E-state index is 13.1. The third kappa shape index (κ3) is 20.8. The number of aliphatic carboxylic acids is 1. The molecule has 1 heterocycles. The van der Waals surface area contributed by atoms with Gasteiger partial charge in [-0.15, -0.1) is 0 Å². The van der Waals surface area contributed by atoms with Crippen molar-refractivity contribution in [2.75, 3.05) is 72.5 Å². The summed E-state index contributed by atoms with van der Waals surface area (Å²) in [6, 6.07) is 13.6. The van der Waals surface area contributed by atoms with Crippen molar-refractivity contribution in [3.8, 4) is 0 Å². The van der Waals surface area contributed by atoms with Crippen molar-refractivity contribution >= 4 is 64.2 Å². The minimum atomic E-state index is -1.10. The summed E-state index contributed by atoms with van der Waals surface area (Å²) in [6.07, 6.45) is -0.578. The first-order valence-corrected chi connectivity index (χ1v) is 21.4. The smallest absolute Gasteiger partial charge is 0.407 e. The number of para-hydroxylation sites is 1. The van der Waals surface area contributed by atoms with Crippen LogP contribution in [0.2, 0.25) is 0 Å². The van der Waals surface area contributed by atoms with E-state index in [0.717, 1.165) is 16.6 Å². The van der Waals surface area contributed by atoms with Crippen molar-refractivity contribution in [3.05, 3.63) is 65.9 Å². The van der Waals surface area contributed by atoms with Crippen LogP contribution in [0.5, 0.6) is 0 Å². The maximum Gasteiger partial charge on any atom is 0.407 e. The highest BCUT2D eigenvalue weighted by atomic mass is 16.5. The molecule has 0 bridgehead atoms. The largest absolute Gasteiger partial charge is 0.481 e. The lowest BCUT2D eigenvalue weighted by Gasteiger charge is -2.19. The lowest BCUT2D eigenvalue weighted by Crippen LogP contribution is -2.47. The van der Waals surface area contributed by atoms with Gasteiger partial charge in [-0.1, -0.05) is 30.3 Å². The second kappa shape index (κ2) is 29.6. The van der Waals surface area contributed by atoms with Crippen molar-refractivity contribution in [3.63, 3.8) is 0 Å². The number of nitrogens with zero attached hydrogens (tertiary/aromatic N) is 2. The molecular formula is C43H63N11O12. The molecule has 0 saturated carbocycles. The molecule has 8 amide bonds. The van der Waals surface area contributed by atoms with Gasteiger partial charge in [0.1, 0.15) is 18.7 Å². The Kier molecular flexibility index (Phi) is 24.0. The summed E-state index contributed by atoms with van der Waals surface area (Å²) in [7, 11) is 5.16. The van der Waals surface area contributed by atoms with Gasteiger partial charge in [0.05, 0.1) is 39.5 Å². The van der Waals surface area contributed by atoms with Crippen molar-refractivity contribution in [1.29, 1.82) is 0 Å². The first-order chi connectivity index (χ1) is 31.7. The number of anilines is 1. The van der Waals surface area contributed by atoms with E-state index in [0.29, 0.717) is 30.8 Å². The molecule has 0 aliphatic heterocycles. The van der Waals surface area contributed by atoms with Crippen LogP contribution in [0, 0.1) is 0 Å². The summed E-state index contributed by atoms with van der Waals surface area (Å²) in [6.45, 7) is 1.14. The molecule has 0 spiro atoms. The first-order valence-electron chi connectivity index (χ1n) is 21.4. The number of hydrogen-bond acceptors (Lipinski definition) is 13. The van der Waals surface area contributed by atoms with E-state index < -0.39 is 66.3 Å². The molecule has 0 radical (unpaired) electrons. The van der Waals surface area contributed by atoms with Crippen molar-refractivity contribution in [2.24, 2.45) is 5.73 Å². The number of primary amides is 1. The number of carboxylic acids is 1. The van der Waals surface area contributed by atoms with Gasteiger partial charge < -0.3 is 66.8 Å². The normalized spacial score (nSPS) is 11.8. The Labute approximate surface area is 382 Å². The number of carboxylic acid groups (broad SMARTS) is 1. The van der Waals surface area contributed by atoms with Crippen LogP contribution < -0.4 is 48.4 Å². The van der Waals surface area contributed by atoms with Gasteiger partial charge >= 0.3 is 18.1 Å². The van der Waals surface area contributed by atoms with Crippen molar-refractivity contribution in [1.82, 2.24) is 46.9 Å². The number of carbonyl (C=O) groups is 8. The van der Waals surface area contributed by atoms with Crippen LogP contribution in [-0.4, -0.2) is 142 Å². The number of alkyl carbamates (subject to hydrolysis) is 1. The average molecular weight is 926 g/mol. The predicted octanol–water partition coefficient (Wildman–Crippen LogP) is 0.0309. The number of urea groups is 1. The fourth-order valence-electron chi connectivity index (χ4n) is 6.29. The molecule has 2 atom stereocenters. The number of hydrogen-bond donors (Lipinski definition) is 10. The quantitative estimate of drug-likeness (QED) is 0.0301. The van der Waals surface area contributed by atoms with E-state index in [4.69, 9.17) is 19.9 Å². The van der Waals surface area contributed by atoms with Crippen molar-refractivity contribution in [2.45, 2.75) is 70.3 Å². The van der Waals surface area contributed by atoms with Gasteiger partial charge in [0.2, 0.25) is 29.5 Å². The number of carbonyl (C=O) groups excluding carboxylic acids is 7. The fourth-order valence-corrected chi connectivity index (χ4v) is 6.29. The van der Waals surface area contributed by atoms with Gasteiger partial charge in [0.15, 0.2) is 0 Å². The molecule has 362 valence electrons. The van der Waals surface area contributed by atoms with Crippen LogP contribution in [0.3, 0.4) is 0 Å². The Bertz CT molecular complexity index is 2060. The molecule has 0 aliphatic carbocycles. The van der Waals surface area contributed by atoms with Gasteiger partial charge in [0, 0.05) is 69.9 Å². The standard InChI is InChI=1S/C43H63N11O12/c1-45-43(63)66-28-29-10-12-31(13-11-29)50-41(61)33(8-6-18-48-42(44)62)52-38(57)26-49-36(55)17-21-64-23-24-65-22-19-47-40(60)34(14-15-39(58)59)51-37(56)16-20-54-32(27-53(3)46-2)25-30-7-4-5-9-35(30)54/h4-5,7,9-13,25,33-34,46H,6,8,14-24,26-28H2,1-3H3,(H,45,63)(H,47,60)(H,49,55)(H,50,61)(H,51,56)(H,52,57)(H,58,59)(H3,44,48,62)/t33-,34-/m0/s1. The number of aryl methyl sites for hydroxylation is 1. The molecule has 0 saturated heterocycles. The molecule has 3 aromatic rings. The first kappa shape index (κ1) is 53.5. The molecule has 0 aliphatic rings. The highest BCUT2D eigenvalue weighted by molar-refractivity contribution is 5.97. The molecule has 0 fully saturated rings. The molecule has 1 aromatic heterocycles. The number of nitrogens with one attached hydrogen (secondary N) is 8. The van der Waals surface area contributed by atoms with E-state index in [1.165, 1.54) is 7.05 Å². The zero-order valence-corrected chi connectivity index (χ0v) is 37.6. The molecule has 23 heteroatoms. The third-order valence-corrected chi connectivity index (χ3v) is 9.79. The Hall–Kier alpha value is -6.82. The average Bonchev–Trinajstić information content (AvgIpc) is 3.64. The maximum atomic E-state index is 13.1. The number of rotatable bonds is 31. The highest BCUT2D eigenvalue weighted by Gasteiger charge is 2.23. The Morgan fingerprint density at radius 1 is 0.758 bits per heavy atom. The number of benzene rings is 2. The van der Waals surface area contributed by atoms with Gasteiger partial charge in [0.25, 0.3) is 0 Å². The SMILES string of the molecule is CNC(=O)OCc1ccc(NC(=O)[C@H](CCCNC(N)=O)NC(=O)CNC(=O)CCOCCOCCNC(=O)[C@H](CCC(=O)O)NC(=O)CCn2c(CN(C)NC)cc3ccccc32)cc1. The van der Waals surface area contributed by atoms with Crippen LogP contribution >= 0.6 is 0 Å². The van der Waals surface area contributed by atoms with Crippen molar-refractivity contribution < 1.29 is 57.7 Å². The number of hydrazine groups is 1. The number of nitrogens with two attached hydrogens (primary N) is 1. The van der Waals surface area contributed by atoms with Crippen LogP contribution in [0.1, 0.15) is 49.8 Å². The van der Waals surface area contributed by atoms with Gasteiger partial charge in [-0.05, 0) is 61.5 Å². The summed E-state index contributed by atoms with van der Waals surface area (Å²) in [5.74, 6) is -3.70. The van der Waals surface area contributed by atoms with E-state index >= 15 is 0 Å². The topological polar surface area (TPSA) is 315 Å². The van der Waals surface area contributed by atoms with E-state index in [2.05, 4.69) is 48.7 Å². The van der Waals surface area contributed by atoms with Gasteiger partial charge in [-0.2, -0.15) is 0 Å². The predicted molar refractivity (Wildman–Crippen MR) is 241 cm³/mol. The molecule has 11 N–H and O–H groups in total. The minimum absolute atomic E-state index is 0.0159. The minimum Gasteiger partial charge on any atom is -0.481 e. The van der Waals surface area contributed by atoms with Gasteiger partial charge in [-0.3, -0.25) is 34.2 Å². The van der Waals surface area contributed by atoms with E-state index in [1.807, 2.05) is 47.9 Å². The van der Waals surface area contributed by atoms with Crippen LogP contribution in [-0.2, 0) is 62.7 Å². The number of ether oxygens (including phenoxy) is 3. The molecule has 2 aromatic carbocycles. The molecule has 0 unspecified atom stereocenters. The van der Waals surface area contributed by atoms with Gasteiger partial charge in [-0.25, -0.2) is 14.6 Å². The monoisotopic (exact) mass is 925 g/mol. The molecule has 66 heavy (non-hydrogen) atoms. The summed E-state index contributed by atoms with van der Waals surface area (Å²) in [5, 5.41) is 30.1. The zero-order chi connectivity index (χ0) is 48.3.